The second kappa shape index (κ2) is 15.3. The van der Waals surface area contributed by atoms with Crippen LogP contribution < -0.4 is 10.6 Å². The number of hydrogen-bond donors (Lipinski definition) is 3. The first kappa shape index (κ1) is 32.7. The van der Waals surface area contributed by atoms with Crippen molar-refractivity contribution in [3.8, 4) is 5.75 Å². The zero-order valence-electron chi connectivity index (χ0n) is 25.2. The van der Waals surface area contributed by atoms with Crippen LogP contribution >= 0.6 is 0 Å². The molecule has 2 aromatic rings. The number of carbonyl (C=O) groups excluding carboxylic acids is 3. The Morgan fingerprint density at radius 3 is 2.25 bits per heavy atom. The third-order valence-electron chi connectivity index (χ3n) is 6.48. The summed E-state index contributed by atoms with van der Waals surface area (Å²) in [5.74, 6) is -0.517. The molecule has 2 aromatic carbocycles. The summed E-state index contributed by atoms with van der Waals surface area (Å²) in [6, 6.07) is 10.5. The molecule has 0 aliphatic heterocycles. The van der Waals surface area contributed by atoms with Crippen molar-refractivity contribution in [1.29, 1.82) is 0 Å². The molecule has 2 unspecified atom stereocenters. The molecular weight excluding hydrogens is 506 g/mol. The van der Waals surface area contributed by atoms with E-state index in [2.05, 4.69) is 17.6 Å². The number of nitrogens with one attached hydrogen (secondary N) is 2. The van der Waals surface area contributed by atoms with Crippen molar-refractivity contribution in [3.05, 3.63) is 64.7 Å². The number of rotatable bonds is 13. The average Bonchev–Trinajstić information content (AvgIpc) is 2.87. The molecule has 0 fully saturated rings. The van der Waals surface area contributed by atoms with Gasteiger partial charge < -0.3 is 25.4 Å². The van der Waals surface area contributed by atoms with Gasteiger partial charge in [-0.25, -0.2) is 4.79 Å². The maximum absolute atomic E-state index is 14.3. The molecule has 8 heteroatoms. The number of nitrogens with zero attached hydrogens (tertiary/aromatic N) is 1. The first-order valence-corrected chi connectivity index (χ1v) is 14.3. The fourth-order valence-electron chi connectivity index (χ4n) is 4.51. The average molecular weight is 554 g/mol. The van der Waals surface area contributed by atoms with Gasteiger partial charge in [-0.05, 0) is 76.3 Å². The number of ether oxygens (including phenoxy) is 1. The zero-order chi connectivity index (χ0) is 29.9. The summed E-state index contributed by atoms with van der Waals surface area (Å²) in [6.45, 7) is 14.1. The van der Waals surface area contributed by atoms with Gasteiger partial charge in [-0.1, -0.05) is 62.6 Å². The Bertz CT molecular complexity index is 1120. The summed E-state index contributed by atoms with van der Waals surface area (Å²) < 4.78 is 5.48. The molecule has 0 bridgehead atoms. The second-order valence-corrected chi connectivity index (χ2v) is 11.4. The largest absolute Gasteiger partial charge is 0.508 e. The number of aromatic hydroxyl groups is 1. The molecule has 0 heterocycles. The molecule has 0 aromatic heterocycles. The zero-order valence-corrected chi connectivity index (χ0v) is 25.2. The Hall–Kier alpha value is -3.55. The molecule has 8 nitrogen and oxygen atoms in total. The van der Waals surface area contributed by atoms with E-state index in [0.29, 0.717) is 19.5 Å². The fourth-order valence-corrected chi connectivity index (χ4v) is 4.51. The Labute approximate surface area is 239 Å². The lowest BCUT2D eigenvalue weighted by atomic mass is 9.95. The lowest BCUT2D eigenvalue weighted by molar-refractivity contribution is -0.142. The number of amides is 3. The van der Waals surface area contributed by atoms with E-state index >= 15 is 0 Å². The van der Waals surface area contributed by atoms with Crippen LogP contribution in [0.25, 0.3) is 0 Å². The minimum atomic E-state index is -0.994. The first-order chi connectivity index (χ1) is 18.9. The molecule has 0 radical (unpaired) electrons. The third-order valence-corrected chi connectivity index (χ3v) is 6.48. The molecule has 40 heavy (non-hydrogen) atoms. The van der Waals surface area contributed by atoms with Gasteiger partial charge in [0.25, 0.3) is 0 Å². The lowest BCUT2D eigenvalue weighted by Gasteiger charge is -2.35. The number of benzene rings is 2. The summed E-state index contributed by atoms with van der Waals surface area (Å²) >= 11 is 0. The number of hydrogen-bond acceptors (Lipinski definition) is 5. The number of carbonyl (C=O) groups is 3. The van der Waals surface area contributed by atoms with Gasteiger partial charge in [0, 0.05) is 19.5 Å². The van der Waals surface area contributed by atoms with Gasteiger partial charge in [-0.2, -0.15) is 0 Å². The van der Waals surface area contributed by atoms with E-state index in [1.165, 1.54) is 12.1 Å². The van der Waals surface area contributed by atoms with Crippen molar-refractivity contribution in [3.63, 3.8) is 0 Å². The van der Waals surface area contributed by atoms with E-state index in [1.54, 1.807) is 37.8 Å². The molecule has 0 saturated carbocycles. The quantitative estimate of drug-likeness (QED) is 0.275. The van der Waals surface area contributed by atoms with Crippen molar-refractivity contribution in [1.82, 2.24) is 15.5 Å². The third kappa shape index (κ3) is 10.2. The van der Waals surface area contributed by atoms with Crippen LogP contribution in [0.15, 0.2) is 42.5 Å². The summed E-state index contributed by atoms with van der Waals surface area (Å²) in [6.07, 6.45) is 2.96. The van der Waals surface area contributed by atoms with E-state index in [9.17, 15) is 19.5 Å². The highest BCUT2D eigenvalue weighted by Crippen LogP contribution is 2.27. The smallest absolute Gasteiger partial charge is 0.408 e. The van der Waals surface area contributed by atoms with E-state index in [1.807, 2.05) is 39.0 Å². The van der Waals surface area contributed by atoms with E-state index < -0.39 is 23.8 Å². The fraction of sp³-hybridized carbons (Fsp3) is 0.531. The van der Waals surface area contributed by atoms with Gasteiger partial charge in [-0.3, -0.25) is 9.59 Å². The Kier molecular flexibility index (Phi) is 12.5. The minimum Gasteiger partial charge on any atom is -0.508 e. The van der Waals surface area contributed by atoms with Gasteiger partial charge in [0.2, 0.25) is 11.8 Å². The number of unbranched alkanes of at least 4 members (excludes halogenated alkanes) is 2. The molecule has 3 N–H and O–H groups in total. The van der Waals surface area contributed by atoms with Crippen LogP contribution in [-0.2, 0) is 20.7 Å². The van der Waals surface area contributed by atoms with Gasteiger partial charge in [0.15, 0.2) is 0 Å². The lowest BCUT2D eigenvalue weighted by Crippen LogP contribution is -2.54. The molecule has 0 spiro atoms. The summed E-state index contributed by atoms with van der Waals surface area (Å²) in [4.78, 5) is 42.5. The monoisotopic (exact) mass is 553 g/mol. The molecule has 3 amide bonds. The summed E-state index contributed by atoms with van der Waals surface area (Å²) in [5.41, 5.74) is 2.65. The van der Waals surface area contributed by atoms with Gasteiger partial charge in [0.1, 0.15) is 23.4 Å². The van der Waals surface area contributed by atoms with Crippen LogP contribution in [0.2, 0.25) is 0 Å². The normalized spacial score (nSPS) is 12.8. The molecule has 2 rings (SSSR count). The van der Waals surface area contributed by atoms with Gasteiger partial charge in [0.05, 0.1) is 0 Å². The Balaban J connectivity index is 2.53. The predicted octanol–water partition coefficient (Wildman–Crippen LogP) is 5.73. The van der Waals surface area contributed by atoms with Crippen molar-refractivity contribution < 1.29 is 24.2 Å². The standard InChI is InChI=1S/C32H47N3O5/c1-8-10-11-18-33-29(37)28(26-20-22(3)12-13-23(26)4)35(19-9-2)30(38)27(34-31(39)40-32(5,6)7)21-24-14-16-25(36)17-15-24/h12-17,20,27-28,36H,8-11,18-19,21H2,1-7H3,(H,33,37)(H,34,39). The van der Waals surface area contributed by atoms with Crippen molar-refractivity contribution in [2.45, 2.75) is 98.3 Å². The highest BCUT2D eigenvalue weighted by Gasteiger charge is 2.36. The summed E-state index contributed by atoms with van der Waals surface area (Å²) in [5, 5.41) is 15.5. The van der Waals surface area contributed by atoms with Gasteiger partial charge >= 0.3 is 6.09 Å². The van der Waals surface area contributed by atoms with Crippen molar-refractivity contribution in [2.24, 2.45) is 0 Å². The predicted molar refractivity (Wildman–Crippen MR) is 158 cm³/mol. The molecular formula is C32H47N3O5. The minimum absolute atomic E-state index is 0.106. The van der Waals surface area contributed by atoms with Crippen LogP contribution in [0.1, 0.15) is 88.6 Å². The number of alkyl carbamates (subject to hydrolysis) is 1. The maximum Gasteiger partial charge on any atom is 0.408 e. The summed E-state index contributed by atoms with van der Waals surface area (Å²) in [7, 11) is 0. The molecule has 0 aliphatic carbocycles. The maximum atomic E-state index is 14.3. The van der Waals surface area contributed by atoms with Crippen LogP contribution in [0, 0.1) is 13.8 Å². The number of aryl methyl sites for hydroxylation is 2. The molecule has 0 aliphatic rings. The SMILES string of the molecule is CCCCCNC(=O)C(c1cc(C)ccc1C)N(CCC)C(=O)C(Cc1ccc(O)cc1)NC(=O)OC(C)(C)C. The van der Waals surface area contributed by atoms with Gasteiger partial charge in [-0.15, -0.1) is 0 Å². The molecule has 2 atom stereocenters. The first-order valence-electron chi connectivity index (χ1n) is 14.3. The van der Waals surface area contributed by atoms with Crippen LogP contribution in [0.3, 0.4) is 0 Å². The van der Waals surface area contributed by atoms with E-state index in [0.717, 1.165) is 41.5 Å². The highest BCUT2D eigenvalue weighted by molar-refractivity contribution is 5.92. The highest BCUT2D eigenvalue weighted by atomic mass is 16.6. The molecule has 220 valence electrons. The number of phenolic OH excluding ortho intramolecular Hbond substituents is 1. The Morgan fingerprint density at radius 1 is 0.975 bits per heavy atom. The second-order valence-electron chi connectivity index (χ2n) is 11.4. The molecule has 0 saturated heterocycles. The van der Waals surface area contributed by atoms with E-state index in [4.69, 9.17) is 4.74 Å². The van der Waals surface area contributed by atoms with Crippen molar-refractivity contribution >= 4 is 17.9 Å². The number of phenols is 1. The topological polar surface area (TPSA) is 108 Å². The Morgan fingerprint density at radius 2 is 1.65 bits per heavy atom. The van der Waals surface area contributed by atoms with Crippen LogP contribution in [0.4, 0.5) is 4.79 Å². The van der Waals surface area contributed by atoms with Crippen LogP contribution in [0.5, 0.6) is 5.75 Å². The van der Waals surface area contributed by atoms with Crippen molar-refractivity contribution in [2.75, 3.05) is 13.1 Å². The van der Waals surface area contributed by atoms with Crippen LogP contribution in [-0.4, -0.2) is 52.6 Å². The van der Waals surface area contributed by atoms with E-state index in [-0.39, 0.29) is 24.0 Å².